The molecule has 3 heteroatoms. The Morgan fingerprint density at radius 3 is 2.61 bits per heavy atom. The van der Waals surface area contributed by atoms with Crippen molar-refractivity contribution in [2.75, 3.05) is 6.54 Å². The highest BCUT2D eigenvalue weighted by Gasteiger charge is 2.17. The summed E-state index contributed by atoms with van der Waals surface area (Å²) in [5.74, 6) is 0.690. The number of para-hydroxylation sites is 1. The summed E-state index contributed by atoms with van der Waals surface area (Å²) >= 11 is 0. The highest BCUT2D eigenvalue weighted by Crippen LogP contribution is 2.12. The molecule has 0 spiro atoms. The number of nitrogens with one attached hydrogen (secondary N) is 1. The van der Waals surface area contributed by atoms with Crippen LogP contribution in [0.25, 0.3) is 0 Å². The number of benzene rings is 2. The zero-order chi connectivity index (χ0) is 16.5. The van der Waals surface area contributed by atoms with Crippen LogP contribution >= 0.6 is 0 Å². The summed E-state index contributed by atoms with van der Waals surface area (Å²) in [7, 11) is 0. The molecule has 1 amide bonds. The lowest BCUT2D eigenvalue weighted by molar-refractivity contribution is -0.128. The first kappa shape index (κ1) is 17.1. The van der Waals surface area contributed by atoms with E-state index in [1.807, 2.05) is 37.3 Å². The summed E-state index contributed by atoms with van der Waals surface area (Å²) in [6.45, 7) is 4.72. The molecule has 0 aliphatic heterocycles. The zero-order valence-corrected chi connectivity index (χ0v) is 13.9. The molecule has 0 fully saturated rings. The third kappa shape index (κ3) is 5.78. The normalized spacial score (nSPS) is 11.7. The summed E-state index contributed by atoms with van der Waals surface area (Å²) in [6, 6.07) is 18.0. The lowest BCUT2D eigenvalue weighted by Gasteiger charge is -2.17. The quantitative estimate of drug-likeness (QED) is 0.751. The van der Waals surface area contributed by atoms with Crippen molar-refractivity contribution in [3.8, 4) is 5.75 Å². The molecule has 2 aromatic carbocycles. The lowest BCUT2D eigenvalue weighted by atomic mass is 10.1. The standard InChI is InChI=1S/C20H25NO2/c1-3-19(23-18-12-5-4-6-13-18)20(22)21-14-8-11-17-10-7-9-16(2)15-17/h4-7,9-10,12-13,15,19H,3,8,11,14H2,1-2H3,(H,21,22)/t19-/m0/s1. The Balaban J connectivity index is 1.74. The van der Waals surface area contributed by atoms with E-state index < -0.39 is 6.10 Å². The number of aryl methyl sites for hydroxylation is 2. The number of ether oxygens (including phenoxy) is 1. The Hall–Kier alpha value is -2.29. The van der Waals surface area contributed by atoms with Crippen molar-refractivity contribution >= 4 is 5.91 Å². The molecule has 0 aromatic heterocycles. The predicted molar refractivity (Wildman–Crippen MR) is 93.7 cm³/mol. The Morgan fingerprint density at radius 1 is 1.13 bits per heavy atom. The minimum atomic E-state index is -0.434. The van der Waals surface area contributed by atoms with Gasteiger partial charge in [-0.25, -0.2) is 0 Å². The number of carbonyl (C=O) groups excluding carboxylic acids is 1. The molecule has 0 unspecified atom stereocenters. The van der Waals surface area contributed by atoms with Crippen LogP contribution in [0.15, 0.2) is 54.6 Å². The van der Waals surface area contributed by atoms with Gasteiger partial charge in [-0.2, -0.15) is 0 Å². The van der Waals surface area contributed by atoms with Gasteiger partial charge in [0.25, 0.3) is 5.91 Å². The van der Waals surface area contributed by atoms with Crippen molar-refractivity contribution in [2.24, 2.45) is 0 Å². The number of rotatable bonds is 8. The molecule has 0 bridgehead atoms. The highest BCUT2D eigenvalue weighted by molar-refractivity contribution is 5.81. The van der Waals surface area contributed by atoms with Crippen LogP contribution in [0.4, 0.5) is 0 Å². The first-order chi connectivity index (χ1) is 11.2. The van der Waals surface area contributed by atoms with Gasteiger partial charge in [0.05, 0.1) is 0 Å². The van der Waals surface area contributed by atoms with E-state index in [0.717, 1.165) is 18.6 Å². The maximum Gasteiger partial charge on any atom is 0.261 e. The molecule has 23 heavy (non-hydrogen) atoms. The highest BCUT2D eigenvalue weighted by atomic mass is 16.5. The van der Waals surface area contributed by atoms with Crippen molar-refractivity contribution in [3.05, 3.63) is 65.7 Å². The monoisotopic (exact) mass is 311 g/mol. The van der Waals surface area contributed by atoms with Crippen LogP contribution in [0.5, 0.6) is 5.75 Å². The van der Waals surface area contributed by atoms with Crippen molar-refractivity contribution in [1.82, 2.24) is 5.32 Å². The van der Waals surface area contributed by atoms with Crippen molar-refractivity contribution < 1.29 is 9.53 Å². The molecule has 1 atom stereocenters. The molecule has 0 saturated carbocycles. The van der Waals surface area contributed by atoms with Gasteiger partial charge in [-0.15, -0.1) is 0 Å². The average Bonchev–Trinajstić information content (AvgIpc) is 2.57. The van der Waals surface area contributed by atoms with Crippen LogP contribution in [0.1, 0.15) is 30.9 Å². The van der Waals surface area contributed by atoms with Gasteiger partial charge in [-0.05, 0) is 43.9 Å². The number of hydrogen-bond donors (Lipinski definition) is 1. The van der Waals surface area contributed by atoms with E-state index in [9.17, 15) is 4.79 Å². The SMILES string of the molecule is CC[C@H](Oc1ccccc1)C(=O)NCCCc1cccc(C)c1. The second kappa shape index (κ2) is 8.99. The third-order valence-corrected chi connectivity index (χ3v) is 3.71. The van der Waals surface area contributed by atoms with Crippen LogP contribution in [-0.2, 0) is 11.2 Å². The van der Waals surface area contributed by atoms with E-state index in [-0.39, 0.29) is 5.91 Å². The molecule has 0 saturated heterocycles. The van der Waals surface area contributed by atoms with E-state index in [0.29, 0.717) is 13.0 Å². The van der Waals surface area contributed by atoms with Gasteiger partial charge in [0.15, 0.2) is 6.10 Å². The van der Waals surface area contributed by atoms with Gasteiger partial charge in [0.2, 0.25) is 0 Å². The van der Waals surface area contributed by atoms with Gasteiger partial charge < -0.3 is 10.1 Å². The number of carbonyl (C=O) groups is 1. The van der Waals surface area contributed by atoms with Crippen molar-refractivity contribution in [3.63, 3.8) is 0 Å². The maximum atomic E-state index is 12.2. The Morgan fingerprint density at radius 2 is 1.91 bits per heavy atom. The fourth-order valence-corrected chi connectivity index (χ4v) is 2.47. The minimum Gasteiger partial charge on any atom is -0.481 e. The van der Waals surface area contributed by atoms with Gasteiger partial charge in [-0.3, -0.25) is 4.79 Å². The van der Waals surface area contributed by atoms with Crippen molar-refractivity contribution in [1.29, 1.82) is 0 Å². The predicted octanol–water partition coefficient (Wildman–Crippen LogP) is 3.90. The molecule has 3 nitrogen and oxygen atoms in total. The fraction of sp³-hybridized carbons (Fsp3) is 0.350. The molecular formula is C20H25NO2. The Bertz CT molecular complexity index is 610. The summed E-state index contributed by atoms with van der Waals surface area (Å²) in [4.78, 5) is 12.2. The van der Waals surface area contributed by atoms with Crippen LogP contribution in [0.2, 0.25) is 0 Å². The maximum absolute atomic E-state index is 12.2. The van der Waals surface area contributed by atoms with Crippen LogP contribution < -0.4 is 10.1 Å². The van der Waals surface area contributed by atoms with E-state index >= 15 is 0 Å². The van der Waals surface area contributed by atoms with Gasteiger partial charge >= 0.3 is 0 Å². The fourth-order valence-electron chi connectivity index (χ4n) is 2.47. The topological polar surface area (TPSA) is 38.3 Å². The minimum absolute atomic E-state index is 0.0411. The number of hydrogen-bond acceptors (Lipinski definition) is 2. The zero-order valence-electron chi connectivity index (χ0n) is 13.9. The van der Waals surface area contributed by atoms with Crippen LogP contribution in [0, 0.1) is 6.92 Å². The summed E-state index contributed by atoms with van der Waals surface area (Å²) < 4.78 is 5.74. The van der Waals surface area contributed by atoms with Gasteiger partial charge in [-0.1, -0.05) is 55.0 Å². The summed E-state index contributed by atoms with van der Waals surface area (Å²) in [5.41, 5.74) is 2.58. The lowest BCUT2D eigenvalue weighted by Crippen LogP contribution is -2.38. The molecule has 0 aliphatic carbocycles. The van der Waals surface area contributed by atoms with Crippen LogP contribution in [0.3, 0.4) is 0 Å². The second-order valence-electron chi connectivity index (χ2n) is 5.71. The molecule has 0 heterocycles. The molecule has 122 valence electrons. The summed E-state index contributed by atoms with van der Waals surface area (Å²) in [6.07, 6.45) is 2.12. The molecular weight excluding hydrogens is 286 g/mol. The molecule has 1 N–H and O–H groups in total. The molecule has 2 rings (SSSR count). The van der Waals surface area contributed by atoms with Crippen molar-refractivity contribution in [2.45, 2.75) is 39.2 Å². The first-order valence-electron chi connectivity index (χ1n) is 8.24. The smallest absolute Gasteiger partial charge is 0.261 e. The second-order valence-corrected chi connectivity index (χ2v) is 5.71. The molecule has 0 radical (unpaired) electrons. The third-order valence-electron chi connectivity index (χ3n) is 3.71. The first-order valence-corrected chi connectivity index (χ1v) is 8.24. The Labute approximate surface area is 138 Å². The average molecular weight is 311 g/mol. The summed E-state index contributed by atoms with van der Waals surface area (Å²) in [5, 5.41) is 2.97. The molecule has 2 aromatic rings. The van der Waals surface area contributed by atoms with Crippen LogP contribution in [-0.4, -0.2) is 18.6 Å². The number of amides is 1. The molecule has 0 aliphatic rings. The van der Waals surface area contributed by atoms with Gasteiger partial charge in [0.1, 0.15) is 5.75 Å². The van der Waals surface area contributed by atoms with E-state index in [1.165, 1.54) is 11.1 Å². The largest absolute Gasteiger partial charge is 0.481 e. The van der Waals surface area contributed by atoms with Gasteiger partial charge in [0, 0.05) is 6.54 Å². The van der Waals surface area contributed by atoms with E-state index in [2.05, 4.69) is 36.5 Å². The Kier molecular flexibility index (Phi) is 6.67. The van der Waals surface area contributed by atoms with E-state index in [4.69, 9.17) is 4.74 Å². The van der Waals surface area contributed by atoms with E-state index in [1.54, 1.807) is 0 Å².